The predicted molar refractivity (Wildman–Crippen MR) is 224 cm³/mol. The van der Waals surface area contributed by atoms with E-state index >= 15 is 0 Å². The highest BCUT2D eigenvalue weighted by Crippen LogP contribution is 2.49. The molecule has 0 aromatic rings. The second-order valence-electron chi connectivity index (χ2n) is 10.8. The monoisotopic (exact) mass is 663 g/mol. The quantitative estimate of drug-likeness (QED) is 0.260. The summed E-state index contributed by atoms with van der Waals surface area (Å²) in [6.07, 6.45) is 10.3. The molecule has 2 aliphatic rings. The summed E-state index contributed by atoms with van der Waals surface area (Å²) in [5.41, 5.74) is -0.223. The molecule has 1 N–H and O–H groups in total. The van der Waals surface area contributed by atoms with Crippen LogP contribution in [-0.4, -0.2) is 44.3 Å². The van der Waals surface area contributed by atoms with Gasteiger partial charge in [0.25, 0.3) is 0 Å². The average Bonchev–Trinajstić information content (AvgIpc) is 3.78. The molecule has 2 saturated carbocycles. The van der Waals surface area contributed by atoms with E-state index in [9.17, 15) is 4.39 Å². The smallest absolute Gasteiger partial charge is 0.104 e. The van der Waals surface area contributed by atoms with Crippen molar-refractivity contribution in [2.45, 2.75) is 189 Å². The first-order chi connectivity index (χ1) is 22.0. The lowest BCUT2D eigenvalue weighted by molar-refractivity contribution is 0.0576. The van der Waals surface area contributed by atoms with Crippen molar-refractivity contribution < 1.29 is 4.39 Å². The predicted octanol–water partition coefficient (Wildman–Crippen LogP) is 15.1. The van der Waals surface area contributed by atoms with Crippen molar-refractivity contribution in [1.29, 1.82) is 0 Å². The minimum atomic E-state index is -0.737. The highest BCUT2D eigenvalue weighted by molar-refractivity contribution is 4.91. The molecule has 3 atom stereocenters. The molecule has 0 aromatic heterocycles. The van der Waals surface area contributed by atoms with Gasteiger partial charge in [-0.1, -0.05) is 144 Å². The zero-order valence-electron chi connectivity index (χ0n) is 36.8. The molecule has 0 radical (unpaired) electrons. The molecular weight excluding hydrogens is 563 g/mol. The van der Waals surface area contributed by atoms with Crippen molar-refractivity contribution in [3.63, 3.8) is 0 Å². The third-order valence-corrected chi connectivity index (χ3v) is 7.59. The van der Waals surface area contributed by atoms with Crippen molar-refractivity contribution in [1.82, 2.24) is 10.2 Å². The maximum absolute atomic E-state index is 13.6. The van der Waals surface area contributed by atoms with Gasteiger partial charge in [-0.05, 0) is 83.3 Å². The molecule has 0 spiro atoms. The number of nitrogens with one attached hydrogen (secondary N) is 1. The summed E-state index contributed by atoms with van der Waals surface area (Å²) in [6.45, 7) is 56.8. The lowest BCUT2D eigenvalue weighted by Crippen LogP contribution is -2.45. The third-order valence-electron chi connectivity index (χ3n) is 7.59. The molecule has 0 heterocycles. The van der Waals surface area contributed by atoms with Crippen LogP contribution in [0.1, 0.15) is 176 Å². The molecule has 2 nitrogen and oxygen atoms in total. The summed E-state index contributed by atoms with van der Waals surface area (Å²) >= 11 is 0. The average molecular weight is 663 g/mol. The van der Waals surface area contributed by atoms with Gasteiger partial charge in [0.1, 0.15) is 6.17 Å². The topological polar surface area (TPSA) is 15.3 Å². The Hall–Kier alpha value is -0.930. The van der Waals surface area contributed by atoms with Crippen LogP contribution in [0, 0.1) is 29.1 Å². The Bertz CT molecular complexity index is 444. The van der Waals surface area contributed by atoms with Gasteiger partial charge in [0.15, 0.2) is 0 Å². The molecule has 0 aliphatic heterocycles. The number of nitrogens with zero attached hydrogens (tertiary/aromatic N) is 1. The van der Waals surface area contributed by atoms with Crippen LogP contribution in [0.25, 0.3) is 0 Å². The molecule has 288 valence electrons. The fourth-order valence-electron chi connectivity index (χ4n) is 4.74. The summed E-state index contributed by atoms with van der Waals surface area (Å²) in [6, 6.07) is 0.689. The minimum Gasteiger partial charge on any atom is -0.323 e. The first-order valence-corrected chi connectivity index (χ1v) is 19.6. The van der Waals surface area contributed by atoms with Gasteiger partial charge in [0.2, 0.25) is 0 Å². The zero-order valence-corrected chi connectivity index (χ0v) is 36.8. The van der Waals surface area contributed by atoms with Gasteiger partial charge in [0, 0.05) is 18.0 Å². The Labute approximate surface area is 298 Å². The second-order valence-corrected chi connectivity index (χ2v) is 10.8. The van der Waals surface area contributed by atoms with E-state index in [2.05, 4.69) is 84.7 Å². The molecule has 3 unspecified atom stereocenters. The van der Waals surface area contributed by atoms with E-state index in [1.54, 1.807) is 6.92 Å². The molecule has 0 aromatic carbocycles. The number of hydrogen-bond acceptors (Lipinski definition) is 2. The lowest BCUT2D eigenvalue weighted by atomic mass is 9.83. The van der Waals surface area contributed by atoms with Crippen LogP contribution in [0.4, 0.5) is 4.39 Å². The van der Waals surface area contributed by atoms with Gasteiger partial charge in [-0.15, -0.1) is 32.9 Å². The van der Waals surface area contributed by atoms with Crippen LogP contribution in [0.3, 0.4) is 0 Å². The van der Waals surface area contributed by atoms with E-state index in [1.807, 2.05) is 103 Å². The van der Waals surface area contributed by atoms with Crippen LogP contribution in [-0.2, 0) is 0 Å². The van der Waals surface area contributed by atoms with E-state index in [0.717, 1.165) is 43.2 Å². The summed E-state index contributed by atoms with van der Waals surface area (Å²) in [5.74, 6) is 4.10. The second kappa shape index (κ2) is 59.5. The molecule has 0 amide bonds. The van der Waals surface area contributed by atoms with E-state index in [-0.39, 0.29) is 5.41 Å². The largest absolute Gasteiger partial charge is 0.323 e. The first kappa shape index (κ1) is 67.3. The van der Waals surface area contributed by atoms with Crippen LogP contribution < -0.4 is 5.32 Å². The molecule has 2 fully saturated rings. The summed E-state index contributed by atoms with van der Waals surface area (Å²) in [7, 11) is 3.75. The molecule has 46 heavy (non-hydrogen) atoms. The highest BCUT2D eigenvalue weighted by atomic mass is 19.1. The fraction of sp³-hybridized carbons (Fsp3) is 0.860. The number of hydrogen-bond donors (Lipinski definition) is 1. The van der Waals surface area contributed by atoms with Crippen molar-refractivity contribution in [2.75, 3.05) is 27.2 Å². The zero-order chi connectivity index (χ0) is 39.3. The summed E-state index contributed by atoms with van der Waals surface area (Å²) in [4.78, 5) is 2.50. The highest BCUT2D eigenvalue weighted by Gasteiger charge is 2.42. The molecular formula is C43H99FN2. The third kappa shape index (κ3) is 45.2. The molecule has 0 saturated heterocycles. The van der Waals surface area contributed by atoms with Crippen molar-refractivity contribution in [2.24, 2.45) is 29.1 Å². The first-order valence-electron chi connectivity index (χ1n) is 19.6. The molecule has 2 aliphatic carbocycles. The van der Waals surface area contributed by atoms with Crippen molar-refractivity contribution >= 4 is 0 Å². The fourth-order valence-corrected chi connectivity index (χ4v) is 4.74. The van der Waals surface area contributed by atoms with Crippen LogP contribution >= 0.6 is 0 Å². The van der Waals surface area contributed by atoms with Gasteiger partial charge in [-0.25, -0.2) is 4.39 Å². The SMILES string of the molecule is C=C.C=C.C=CCC.CC.CC.CC.CC.CC.CCC1C(C)C1CC.CCN(CC(C)(C)C(C)F)C1CCC(C)CC1.CNC. The number of alkyl halides is 1. The van der Waals surface area contributed by atoms with E-state index in [1.165, 1.54) is 38.5 Å². The van der Waals surface area contributed by atoms with Crippen LogP contribution in [0.2, 0.25) is 0 Å². The maximum Gasteiger partial charge on any atom is 0.104 e. The van der Waals surface area contributed by atoms with Crippen molar-refractivity contribution in [3.05, 3.63) is 39.0 Å². The minimum absolute atomic E-state index is 0.223. The van der Waals surface area contributed by atoms with Gasteiger partial charge in [0.05, 0.1) is 0 Å². The normalized spacial score (nSPS) is 20.0. The number of allylic oxidation sites excluding steroid dienone is 1. The maximum atomic E-state index is 13.6. The lowest BCUT2D eigenvalue weighted by Gasteiger charge is -2.40. The Morgan fingerprint density at radius 3 is 1.20 bits per heavy atom. The van der Waals surface area contributed by atoms with E-state index in [4.69, 9.17) is 0 Å². The summed E-state index contributed by atoms with van der Waals surface area (Å²) < 4.78 is 13.6. The van der Waals surface area contributed by atoms with Gasteiger partial charge in [-0.2, -0.15) is 0 Å². The Morgan fingerprint density at radius 1 is 0.739 bits per heavy atom. The molecule has 3 heteroatoms. The van der Waals surface area contributed by atoms with Gasteiger partial charge >= 0.3 is 0 Å². The number of rotatable bonds is 8. The van der Waals surface area contributed by atoms with Gasteiger partial charge in [-0.3, -0.25) is 0 Å². The van der Waals surface area contributed by atoms with E-state index in [0.29, 0.717) is 6.04 Å². The standard InChI is InChI=1S/C15H30FN.C8H16.C4H8.C2H7N.5C2H6.2C2H4/c1-6-17(11-15(4,5)13(3)16)14-9-7-12(2)8-10-14;1-4-7-6(3)8(7)5-2;1-3-4-2;1-3-2;7*1-2/h12-14H,6-11H2,1-5H3;6-8H,4-5H2,1-3H3;3H,1,4H2,2H3;3H,1-2H3;5*1-2H3;2*1-2H2. The Kier molecular flexibility index (Phi) is 87.0. The number of halogens is 1. The van der Waals surface area contributed by atoms with Crippen LogP contribution in [0.5, 0.6) is 0 Å². The van der Waals surface area contributed by atoms with Crippen molar-refractivity contribution in [3.8, 4) is 0 Å². The molecule has 0 bridgehead atoms. The van der Waals surface area contributed by atoms with Crippen LogP contribution in [0.15, 0.2) is 39.0 Å². The van der Waals surface area contributed by atoms with E-state index < -0.39 is 6.17 Å². The summed E-state index contributed by atoms with van der Waals surface area (Å²) in [5, 5.41) is 2.75. The van der Waals surface area contributed by atoms with Gasteiger partial charge < -0.3 is 10.2 Å². The Balaban J connectivity index is -0.0000000568. The molecule has 2 rings (SSSR count). The Morgan fingerprint density at radius 2 is 1.02 bits per heavy atom.